The van der Waals surface area contributed by atoms with E-state index in [0.717, 1.165) is 4.47 Å². The molecule has 0 amide bonds. The highest BCUT2D eigenvalue weighted by Gasteiger charge is 2.13. The minimum absolute atomic E-state index is 0.00339. The molecular formula is C16H17BrN2O4S. The minimum Gasteiger partial charge on any atom is -0.507 e. The number of sulfonamides is 1. The number of hydrogen-bond acceptors (Lipinski definition) is 5. The van der Waals surface area contributed by atoms with E-state index >= 15 is 0 Å². The largest absolute Gasteiger partial charge is 0.507 e. The van der Waals surface area contributed by atoms with Crippen LogP contribution >= 0.6 is 15.9 Å². The molecule has 0 unspecified atom stereocenters. The van der Waals surface area contributed by atoms with Crippen molar-refractivity contribution in [3.8, 4) is 11.5 Å². The number of benzene rings is 2. The first-order valence-corrected chi connectivity index (χ1v) is 9.35. The first kappa shape index (κ1) is 18.3. The molecule has 24 heavy (non-hydrogen) atoms. The first-order chi connectivity index (χ1) is 11.3. The van der Waals surface area contributed by atoms with Crippen molar-refractivity contribution < 1.29 is 18.3 Å². The molecule has 0 radical (unpaired) electrons. The van der Waals surface area contributed by atoms with Crippen molar-refractivity contribution in [3.63, 3.8) is 0 Å². The summed E-state index contributed by atoms with van der Waals surface area (Å²) in [6, 6.07) is 10.8. The normalized spacial score (nSPS) is 11.8. The Morgan fingerprint density at radius 3 is 2.50 bits per heavy atom. The van der Waals surface area contributed by atoms with Gasteiger partial charge in [0.1, 0.15) is 11.5 Å². The third-order valence-corrected chi connectivity index (χ3v) is 4.60. The highest BCUT2D eigenvalue weighted by molar-refractivity contribution is 9.10. The number of halogens is 1. The summed E-state index contributed by atoms with van der Waals surface area (Å²) in [5.74, 6) is 0.586. The van der Waals surface area contributed by atoms with Crippen molar-refractivity contribution in [2.24, 2.45) is 5.10 Å². The maximum atomic E-state index is 12.2. The molecule has 2 aromatic rings. The van der Waals surface area contributed by atoms with Gasteiger partial charge in [-0.1, -0.05) is 15.9 Å². The molecule has 8 heteroatoms. The van der Waals surface area contributed by atoms with Gasteiger partial charge in [-0.25, -0.2) is 4.83 Å². The number of hydrazone groups is 1. The molecule has 2 aromatic carbocycles. The molecular weight excluding hydrogens is 396 g/mol. The molecule has 0 aliphatic heterocycles. The van der Waals surface area contributed by atoms with Crippen LogP contribution in [0.1, 0.15) is 19.4 Å². The summed E-state index contributed by atoms with van der Waals surface area (Å²) in [6.07, 6.45) is 1.24. The second kappa shape index (κ2) is 7.67. The molecule has 128 valence electrons. The van der Waals surface area contributed by atoms with Gasteiger partial charge in [0, 0.05) is 10.0 Å². The van der Waals surface area contributed by atoms with Crippen LogP contribution in [-0.4, -0.2) is 25.8 Å². The lowest BCUT2D eigenvalue weighted by molar-refractivity contribution is 0.242. The van der Waals surface area contributed by atoms with E-state index in [9.17, 15) is 13.5 Å². The van der Waals surface area contributed by atoms with Gasteiger partial charge in [-0.15, -0.1) is 0 Å². The van der Waals surface area contributed by atoms with Gasteiger partial charge in [0.05, 0.1) is 17.2 Å². The first-order valence-electron chi connectivity index (χ1n) is 7.08. The van der Waals surface area contributed by atoms with E-state index < -0.39 is 10.0 Å². The zero-order valence-electron chi connectivity index (χ0n) is 13.1. The summed E-state index contributed by atoms with van der Waals surface area (Å²) in [4.78, 5) is 2.17. The number of aromatic hydroxyl groups is 1. The van der Waals surface area contributed by atoms with Gasteiger partial charge in [0.2, 0.25) is 0 Å². The van der Waals surface area contributed by atoms with E-state index in [1.54, 1.807) is 24.3 Å². The quantitative estimate of drug-likeness (QED) is 0.562. The molecule has 2 rings (SSSR count). The third kappa shape index (κ3) is 4.97. The van der Waals surface area contributed by atoms with Crippen LogP contribution in [0.15, 0.2) is 56.9 Å². The van der Waals surface area contributed by atoms with Gasteiger partial charge >= 0.3 is 0 Å². The molecule has 0 atom stereocenters. The Hall–Kier alpha value is -2.06. The van der Waals surface area contributed by atoms with Crippen LogP contribution in [0.5, 0.6) is 11.5 Å². The molecule has 0 bridgehead atoms. The second-order valence-electron chi connectivity index (χ2n) is 5.19. The molecule has 6 nitrogen and oxygen atoms in total. The van der Waals surface area contributed by atoms with Crippen molar-refractivity contribution in [1.29, 1.82) is 0 Å². The van der Waals surface area contributed by atoms with Crippen LogP contribution in [0.25, 0.3) is 0 Å². The number of nitrogens with one attached hydrogen (secondary N) is 1. The Morgan fingerprint density at radius 1 is 1.21 bits per heavy atom. The molecule has 0 saturated carbocycles. The number of hydrogen-bond donors (Lipinski definition) is 2. The molecule has 0 saturated heterocycles. The molecule has 0 spiro atoms. The number of ether oxygens (including phenoxy) is 1. The van der Waals surface area contributed by atoms with E-state index in [4.69, 9.17) is 4.74 Å². The van der Waals surface area contributed by atoms with Crippen LogP contribution < -0.4 is 9.57 Å². The van der Waals surface area contributed by atoms with Gasteiger partial charge in [-0.2, -0.15) is 13.5 Å². The Morgan fingerprint density at radius 2 is 1.88 bits per heavy atom. The van der Waals surface area contributed by atoms with Crippen molar-refractivity contribution in [1.82, 2.24) is 4.83 Å². The number of rotatable bonds is 6. The van der Waals surface area contributed by atoms with Gasteiger partial charge in [-0.3, -0.25) is 0 Å². The van der Waals surface area contributed by atoms with Crippen molar-refractivity contribution in [3.05, 3.63) is 52.5 Å². The fourth-order valence-electron chi connectivity index (χ4n) is 1.82. The standard InChI is InChI=1S/C16H17BrN2O4S/c1-11(2)23-14-4-6-15(7-5-14)24(21,22)19-18-10-12-9-13(17)3-8-16(12)20/h3-11,19-20H,1-2H3/b18-10+. The zero-order chi connectivity index (χ0) is 17.7. The summed E-state index contributed by atoms with van der Waals surface area (Å²) >= 11 is 3.26. The topological polar surface area (TPSA) is 88.0 Å². The van der Waals surface area contributed by atoms with Crippen molar-refractivity contribution in [2.75, 3.05) is 0 Å². The smallest absolute Gasteiger partial charge is 0.276 e. The summed E-state index contributed by atoms with van der Waals surface area (Å²) < 4.78 is 30.5. The van der Waals surface area contributed by atoms with Crippen LogP contribution in [0.3, 0.4) is 0 Å². The van der Waals surface area contributed by atoms with Gasteiger partial charge < -0.3 is 9.84 Å². The molecule has 0 aromatic heterocycles. The SMILES string of the molecule is CC(C)Oc1ccc(S(=O)(=O)N/N=C/c2cc(Br)ccc2O)cc1. The van der Waals surface area contributed by atoms with Crippen LogP contribution in [0.4, 0.5) is 0 Å². The lowest BCUT2D eigenvalue weighted by Gasteiger charge is -2.10. The number of phenolic OH excluding ortho intramolecular Hbond substituents is 1. The van der Waals surface area contributed by atoms with E-state index in [-0.39, 0.29) is 16.7 Å². The maximum Gasteiger partial charge on any atom is 0.276 e. The van der Waals surface area contributed by atoms with E-state index in [1.807, 2.05) is 13.8 Å². The maximum absolute atomic E-state index is 12.2. The predicted molar refractivity (Wildman–Crippen MR) is 95.9 cm³/mol. The number of nitrogens with zero attached hydrogens (tertiary/aromatic N) is 1. The summed E-state index contributed by atoms with van der Waals surface area (Å²) in [5, 5.41) is 13.4. The van der Waals surface area contributed by atoms with Crippen LogP contribution in [-0.2, 0) is 10.0 Å². The summed E-state index contributed by atoms with van der Waals surface area (Å²) in [7, 11) is -3.80. The Labute approximate surface area is 149 Å². The van der Waals surface area contributed by atoms with E-state index in [0.29, 0.717) is 11.3 Å². The van der Waals surface area contributed by atoms with E-state index in [1.165, 1.54) is 24.4 Å². The van der Waals surface area contributed by atoms with Crippen molar-refractivity contribution >= 4 is 32.2 Å². The highest BCUT2D eigenvalue weighted by atomic mass is 79.9. The fourth-order valence-corrected chi connectivity index (χ4v) is 2.99. The van der Waals surface area contributed by atoms with Crippen molar-refractivity contribution in [2.45, 2.75) is 24.8 Å². The zero-order valence-corrected chi connectivity index (χ0v) is 15.5. The van der Waals surface area contributed by atoms with Gasteiger partial charge in [-0.05, 0) is 56.3 Å². The average Bonchev–Trinajstić information content (AvgIpc) is 2.50. The molecule has 0 aliphatic rings. The monoisotopic (exact) mass is 412 g/mol. The van der Waals surface area contributed by atoms with E-state index in [2.05, 4.69) is 25.9 Å². The lowest BCUT2D eigenvalue weighted by atomic mass is 10.2. The average molecular weight is 413 g/mol. The third-order valence-electron chi connectivity index (χ3n) is 2.87. The molecule has 0 fully saturated rings. The molecule has 0 aliphatic carbocycles. The lowest BCUT2D eigenvalue weighted by Crippen LogP contribution is -2.18. The Bertz CT molecular complexity index is 834. The van der Waals surface area contributed by atoms with Crippen LogP contribution in [0.2, 0.25) is 0 Å². The predicted octanol–water partition coefficient (Wildman–Crippen LogP) is 3.25. The molecule has 2 N–H and O–H groups in total. The van der Waals surface area contributed by atoms with Gasteiger partial charge in [0.15, 0.2) is 0 Å². The highest BCUT2D eigenvalue weighted by Crippen LogP contribution is 2.20. The molecule has 0 heterocycles. The number of phenols is 1. The fraction of sp³-hybridized carbons (Fsp3) is 0.188. The summed E-state index contributed by atoms with van der Waals surface area (Å²) in [6.45, 7) is 3.77. The second-order valence-corrected chi connectivity index (χ2v) is 7.77. The van der Waals surface area contributed by atoms with Crippen LogP contribution in [0, 0.1) is 0 Å². The van der Waals surface area contributed by atoms with Gasteiger partial charge in [0.25, 0.3) is 10.0 Å². The summed E-state index contributed by atoms with van der Waals surface area (Å²) in [5.41, 5.74) is 0.382. The minimum atomic E-state index is -3.80. The Kier molecular flexibility index (Phi) is 5.84. The Balaban J connectivity index is 2.10.